The third-order valence-electron chi connectivity index (χ3n) is 4.44. The minimum Gasteiger partial charge on any atom is -0.391 e. The minimum atomic E-state index is -0.306. The minimum absolute atomic E-state index is 0.236. The number of hydrogen-bond donors (Lipinski definition) is 0. The molecule has 0 aliphatic carbocycles. The summed E-state index contributed by atoms with van der Waals surface area (Å²) in [6, 6.07) is 13.9. The molecule has 1 heterocycles. The smallest absolute Gasteiger partial charge is 0.368 e. The normalized spacial score (nSPS) is 11.6. The van der Waals surface area contributed by atoms with E-state index >= 15 is 0 Å². The van der Waals surface area contributed by atoms with Crippen molar-refractivity contribution < 1.29 is 4.84 Å². The van der Waals surface area contributed by atoms with Gasteiger partial charge in [-0.25, -0.2) is 4.79 Å². The van der Waals surface area contributed by atoms with Crippen molar-refractivity contribution in [3.8, 4) is 5.69 Å². The highest BCUT2D eigenvalue weighted by Gasteiger charge is 2.13. The summed E-state index contributed by atoms with van der Waals surface area (Å²) in [5.41, 5.74) is 5.31. The molecule has 0 fully saturated rings. The highest BCUT2D eigenvalue weighted by atomic mass is 16.6. The number of hydrogen-bond acceptors (Lipinski definition) is 5. The second kappa shape index (κ2) is 7.99. The highest BCUT2D eigenvalue weighted by molar-refractivity contribution is 6.00. The van der Waals surface area contributed by atoms with E-state index in [9.17, 15) is 4.79 Å². The van der Waals surface area contributed by atoms with E-state index in [-0.39, 0.29) is 12.3 Å². The molecule has 0 aliphatic rings. The number of nitrogens with zero attached hydrogens (tertiary/aromatic N) is 5. The molecule has 140 valence electrons. The van der Waals surface area contributed by atoms with Crippen molar-refractivity contribution in [1.29, 1.82) is 0 Å². The average Bonchev–Trinajstić information content (AvgIpc) is 3.00. The first kappa shape index (κ1) is 18.6. The molecule has 0 unspecified atom stereocenters. The van der Waals surface area contributed by atoms with E-state index in [2.05, 4.69) is 34.6 Å². The summed E-state index contributed by atoms with van der Waals surface area (Å²) in [5, 5.41) is 12.0. The number of oxime groups is 1. The van der Waals surface area contributed by atoms with E-state index in [0.29, 0.717) is 5.69 Å². The molecule has 0 saturated heterocycles. The van der Waals surface area contributed by atoms with Crippen molar-refractivity contribution >= 4 is 5.71 Å². The van der Waals surface area contributed by atoms with Crippen LogP contribution in [0.2, 0.25) is 0 Å². The van der Waals surface area contributed by atoms with Gasteiger partial charge in [-0.3, -0.25) is 0 Å². The fourth-order valence-corrected chi connectivity index (χ4v) is 2.78. The molecule has 1 aromatic heterocycles. The molecule has 0 aliphatic heterocycles. The molecule has 0 N–H and O–H groups in total. The van der Waals surface area contributed by atoms with Gasteiger partial charge < -0.3 is 4.84 Å². The van der Waals surface area contributed by atoms with Gasteiger partial charge in [0.1, 0.15) is 6.61 Å². The molecule has 0 amide bonds. The largest absolute Gasteiger partial charge is 0.391 e. The average molecular weight is 365 g/mol. The van der Waals surface area contributed by atoms with Gasteiger partial charge in [0.2, 0.25) is 0 Å². The van der Waals surface area contributed by atoms with Crippen LogP contribution in [0, 0.1) is 13.8 Å². The number of aromatic nitrogens is 4. The lowest BCUT2D eigenvalue weighted by atomic mass is 10.1. The van der Waals surface area contributed by atoms with Gasteiger partial charge >= 0.3 is 5.69 Å². The van der Waals surface area contributed by atoms with E-state index in [4.69, 9.17) is 4.84 Å². The third-order valence-corrected chi connectivity index (χ3v) is 4.44. The van der Waals surface area contributed by atoms with E-state index < -0.39 is 0 Å². The predicted octanol–water partition coefficient (Wildman–Crippen LogP) is 2.91. The maximum atomic E-state index is 12.2. The van der Waals surface area contributed by atoms with Gasteiger partial charge in [-0.2, -0.15) is 9.36 Å². The second-order valence-electron chi connectivity index (χ2n) is 6.40. The summed E-state index contributed by atoms with van der Waals surface area (Å²) in [6.45, 7) is 6.30. The molecule has 7 nitrogen and oxygen atoms in total. The van der Waals surface area contributed by atoms with Gasteiger partial charge in [-0.05, 0) is 47.9 Å². The van der Waals surface area contributed by atoms with E-state index in [0.717, 1.165) is 28.8 Å². The zero-order valence-electron chi connectivity index (χ0n) is 16.0. The Morgan fingerprint density at radius 3 is 2.48 bits per heavy atom. The number of tetrazole rings is 1. The third kappa shape index (κ3) is 3.97. The summed E-state index contributed by atoms with van der Waals surface area (Å²) >= 11 is 0. The quantitative estimate of drug-likeness (QED) is 0.497. The number of benzene rings is 2. The van der Waals surface area contributed by atoms with Gasteiger partial charge in [0.15, 0.2) is 0 Å². The van der Waals surface area contributed by atoms with Crippen LogP contribution in [0.1, 0.15) is 35.6 Å². The van der Waals surface area contributed by atoms with Crippen molar-refractivity contribution in [3.05, 3.63) is 75.2 Å². The van der Waals surface area contributed by atoms with Crippen LogP contribution in [0.25, 0.3) is 5.69 Å². The Balaban J connectivity index is 1.86. The maximum absolute atomic E-state index is 12.2. The maximum Gasteiger partial charge on any atom is 0.368 e. The Hall–Kier alpha value is -3.22. The SMILES string of the molecule is CCC(=NOCc1c(C)cccc1-n1nnn(C)c1=O)c1ccc(C)cc1. The van der Waals surface area contributed by atoms with Crippen LogP contribution in [-0.2, 0) is 18.5 Å². The lowest BCUT2D eigenvalue weighted by Gasteiger charge is -2.11. The zero-order chi connectivity index (χ0) is 19.4. The summed E-state index contributed by atoms with van der Waals surface area (Å²) in [6.07, 6.45) is 0.757. The first-order chi connectivity index (χ1) is 13.0. The van der Waals surface area contributed by atoms with Crippen molar-refractivity contribution in [3.63, 3.8) is 0 Å². The molecule has 3 rings (SSSR count). The molecule has 0 atom stereocenters. The van der Waals surface area contributed by atoms with Crippen LogP contribution in [0.5, 0.6) is 0 Å². The fraction of sp³-hybridized carbons (Fsp3) is 0.300. The van der Waals surface area contributed by atoms with E-state index in [1.165, 1.54) is 14.9 Å². The fourth-order valence-electron chi connectivity index (χ4n) is 2.78. The standard InChI is InChI=1S/C20H23N5O2/c1-5-18(16-11-9-14(2)10-12-16)21-27-13-17-15(3)7-6-8-19(17)25-20(26)24(4)22-23-25/h6-12H,5,13H2,1-4H3. The molecule has 3 aromatic rings. The van der Waals surface area contributed by atoms with Crippen LogP contribution in [0.3, 0.4) is 0 Å². The zero-order valence-corrected chi connectivity index (χ0v) is 16.0. The van der Waals surface area contributed by atoms with E-state index in [1.807, 2.05) is 44.2 Å². The van der Waals surface area contributed by atoms with Crippen molar-refractivity contribution in [2.24, 2.45) is 12.2 Å². The van der Waals surface area contributed by atoms with Gasteiger partial charge in [0.05, 0.1) is 11.4 Å². The summed E-state index contributed by atoms with van der Waals surface area (Å²) < 4.78 is 2.47. The van der Waals surface area contributed by atoms with Crippen LogP contribution >= 0.6 is 0 Å². The predicted molar refractivity (Wildman–Crippen MR) is 104 cm³/mol. The molecule has 0 spiro atoms. The Morgan fingerprint density at radius 1 is 1.11 bits per heavy atom. The molecule has 2 aromatic carbocycles. The Bertz CT molecular complexity index is 1020. The molecule has 0 radical (unpaired) electrons. The number of aryl methyl sites for hydroxylation is 3. The van der Waals surface area contributed by atoms with Crippen LogP contribution in [-0.4, -0.2) is 25.5 Å². The van der Waals surface area contributed by atoms with Crippen LogP contribution in [0.15, 0.2) is 52.4 Å². The monoisotopic (exact) mass is 365 g/mol. The second-order valence-corrected chi connectivity index (χ2v) is 6.40. The van der Waals surface area contributed by atoms with Crippen LogP contribution < -0.4 is 5.69 Å². The lowest BCUT2D eigenvalue weighted by molar-refractivity contribution is 0.129. The topological polar surface area (TPSA) is 74.3 Å². The van der Waals surface area contributed by atoms with Crippen molar-refractivity contribution in [2.45, 2.75) is 33.8 Å². The lowest BCUT2D eigenvalue weighted by Crippen LogP contribution is -2.23. The molecule has 0 saturated carbocycles. The van der Waals surface area contributed by atoms with Gasteiger partial charge in [-0.15, -0.1) is 0 Å². The summed E-state index contributed by atoms with van der Waals surface area (Å²) in [7, 11) is 1.57. The molecule has 7 heteroatoms. The van der Waals surface area contributed by atoms with Gasteiger partial charge in [0.25, 0.3) is 0 Å². The summed E-state index contributed by atoms with van der Waals surface area (Å²) in [5.74, 6) is 0. The van der Waals surface area contributed by atoms with Crippen LogP contribution in [0.4, 0.5) is 0 Å². The molecular formula is C20H23N5O2. The van der Waals surface area contributed by atoms with E-state index in [1.54, 1.807) is 7.05 Å². The first-order valence-corrected chi connectivity index (χ1v) is 8.85. The molecule has 0 bridgehead atoms. The Morgan fingerprint density at radius 2 is 1.85 bits per heavy atom. The van der Waals surface area contributed by atoms with Crippen molar-refractivity contribution in [2.75, 3.05) is 0 Å². The van der Waals surface area contributed by atoms with Crippen molar-refractivity contribution in [1.82, 2.24) is 19.8 Å². The molecule has 27 heavy (non-hydrogen) atoms. The highest BCUT2D eigenvalue weighted by Crippen LogP contribution is 2.18. The number of rotatable bonds is 6. The first-order valence-electron chi connectivity index (χ1n) is 8.85. The van der Waals surface area contributed by atoms with Gasteiger partial charge in [-0.1, -0.05) is 54.0 Å². The molecular weight excluding hydrogens is 342 g/mol. The van der Waals surface area contributed by atoms with Gasteiger partial charge in [0, 0.05) is 12.6 Å². The summed E-state index contributed by atoms with van der Waals surface area (Å²) in [4.78, 5) is 17.9. The Labute approximate surface area is 157 Å². The Kier molecular flexibility index (Phi) is 5.49.